The summed E-state index contributed by atoms with van der Waals surface area (Å²) in [7, 11) is 1.58. The first-order valence-corrected chi connectivity index (χ1v) is 8.60. The van der Waals surface area contributed by atoms with Gasteiger partial charge in [0.25, 0.3) is 0 Å². The number of carbonyl (C=O) groups excluding carboxylic acids is 1. The van der Waals surface area contributed by atoms with E-state index < -0.39 is 0 Å². The SMILES string of the molecule is C=C(SC)/C(=C\c1c(C)cc(O)cc1OC)c1ccc(C=O)cc1. The van der Waals surface area contributed by atoms with Gasteiger partial charge in [0.2, 0.25) is 0 Å². The molecule has 2 rings (SSSR count). The van der Waals surface area contributed by atoms with E-state index in [-0.39, 0.29) is 5.75 Å². The molecule has 3 nitrogen and oxygen atoms in total. The second-order valence-electron chi connectivity index (χ2n) is 5.30. The molecule has 0 fully saturated rings. The molecule has 0 radical (unpaired) electrons. The molecule has 1 N–H and O–H groups in total. The van der Waals surface area contributed by atoms with Crippen LogP contribution in [-0.2, 0) is 0 Å². The highest BCUT2D eigenvalue weighted by molar-refractivity contribution is 8.02. The zero-order valence-corrected chi connectivity index (χ0v) is 14.8. The van der Waals surface area contributed by atoms with Crippen molar-refractivity contribution in [2.24, 2.45) is 0 Å². The van der Waals surface area contributed by atoms with Crippen molar-refractivity contribution >= 4 is 29.7 Å². The fraction of sp³-hybridized carbons (Fsp3) is 0.150. The van der Waals surface area contributed by atoms with Gasteiger partial charge in [-0.15, -0.1) is 11.8 Å². The lowest BCUT2D eigenvalue weighted by molar-refractivity contribution is 0.112. The van der Waals surface area contributed by atoms with E-state index in [4.69, 9.17) is 4.74 Å². The van der Waals surface area contributed by atoms with E-state index in [9.17, 15) is 9.90 Å². The average Bonchev–Trinajstić information content (AvgIpc) is 2.60. The molecule has 0 amide bonds. The Bertz CT molecular complexity index is 789. The van der Waals surface area contributed by atoms with Crippen molar-refractivity contribution in [3.8, 4) is 11.5 Å². The molecule has 0 bridgehead atoms. The Kier molecular flexibility index (Phi) is 5.88. The Morgan fingerprint density at radius 2 is 1.92 bits per heavy atom. The van der Waals surface area contributed by atoms with Crippen LogP contribution < -0.4 is 4.74 Å². The number of rotatable bonds is 6. The van der Waals surface area contributed by atoms with Crippen molar-refractivity contribution in [3.05, 3.63) is 70.1 Å². The smallest absolute Gasteiger partial charge is 0.150 e. The van der Waals surface area contributed by atoms with Crippen LogP contribution in [0.1, 0.15) is 27.0 Å². The first-order valence-electron chi connectivity index (χ1n) is 7.38. The summed E-state index contributed by atoms with van der Waals surface area (Å²) in [5.74, 6) is 0.769. The van der Waals surface area contributed by atoms with E-state index in [2.05, 4.69) is 6.58 Å². The Morgan fingerprint density at radius 3 is 2.46 bits per heavy atom. The molecule has 0 saturated heterocycles. The number of allylic oxidation sites excluding steroid dienone is 1. The third kappa shape index (κ3) is 3.89. The maximum absolute atomic E-state index is 10.9. The highest BCUT2D eigenvalue weighted by atomic mass is 32.2. The molecular weight excluding hydrogens is 320 g/mol. The van der Waals surface area contributed by atoms with Crippen LogP contribution in [-0.4, -0.2) is 24.8 Å². The fourth-order valence-electron chi connectivity index (χ4n) is 2.42. The Hall–Kier alpha value is -2.46. The first kappa shape index (κ1) is 17.9. The normalized spacial score (nSPS) is 11.2. The molecule has 24 heavy (non-hydrogen) atoms. The molecule has 0 unspecified atom stereocenters. The fourth-order valence-corrected chi connectivity index (χ4v) is 2.82. The van der Waals surface area contributed by atoms with Gasteiger partial charge in [0, 0.05) is 22.1 Å². The number of ether oxygens (including phenoxy) is 1. The average molecular weight is 340 g/mol. The van der Waals surface area contributed by atoms with Crippen molar-refractivity contribution in [1.29, 1.82) is 0 Å². The van der Waals surface area contributed by atoms with Crippen LogP contribution in [0.2, 0.25) is 0 Å². The van der Waals surface area contributed by atoms with Gasteiger partial charge in [0.05, 0.1) is 7.11 Å². The number of thioether (sulfide) groups is 1. The van der Waals surface area contributed by atoms with Crippen molar-refractivity contribution in [1.82, 2.24) is 0 Å². The van der Waals surface area contributed by atoms with Crippen molar-refractivity contribution in [3.63, 3.8) is 0 Å². The van der Waals surface area contributed by atoms with Crippen molar-refractivity contribution in [2.45, 2.75) is 6.92 Å². The number of methoxy groups -OCH3 is 1. The van der Waals surface area contributed by atoms with E-state index in [1.807, 2.05) is 31.4 Å². The van der Waals surface area contributed by atoms with Crippen LogP contribution in [0.5, 0.6) is 11.5 Å². The number of aromatic hydroxyl groups is 1. The van der Waals surface area contributed by atoms with Crippen LogP contribution in [0.4, 0.5) is 0 Å². The lowest BCUT2D eigenvalue weighted by Crippen LogP contribution is -1.93. The monoisotopic (exact) mass is 340 g/mol. The third-order valence-corrected chi connectivity index (χ3v) is 4.46. The summed E-state index contributed by atoms with van der Waals surface area (Å²) in [4.78, 5) is 11.8. The zero-order valence-electron chi connectivity index (χ0n) is 14.0. The minimum Gasteiger partial charge on any atom is -0.508 e. The summed E-state index contributed by atoms with van der Waals surface area (Å²) in [6, 6.07) is 10.7. The summed E-state index contributed by atoms with van der Waals surface area (Å²) >= 11 is 1.56. The molecular formula is C20H20O3S. The Labute approximate surface area is 146 Å². The molecule has 0 heterocycles. The number of carbonyl (C=O) groups is 1. The molecule has 124 valence electrons. The standard InChI is InChI=1S/C20H20O3S/c1-13-9-17(22)10-20(23-3)18(13)11-19(14(2)24-4)16-7-5-15(12-21)6-8-16/h5-12,22H,2H2,1,3-4H3/b19-11+. The van der Waals surface area contributed by atoms with E-state index in [1.165, 1.54) is 0 Å². The van der Waals surface area contributed by atoms with Crippen LogP contribution in [0.15, 0.2) is 47.9 Å². The molecule has 0 aromatic heterocycles. The van der Waals surface area contributed by atoms with Crippen LogP contribution in [0.25, 0.3) is 11.6 Å². The van der Waals surface area contributed by atoms with E-state index in [0.29, 0.717) is 11.3 Å². The molecule has 0 atom stereocenters. The molecule has 0 aliphatic heterocycles. The summed E-state index contributed by atoms with van der Waals surface area (Å²) in [5, 5.41) is 9.76. The summed E-state index contributed by atoms with van der Waals surface area (Å²) in [6.45, 7) is 6.05. The number of aryl methyl sites for hydroxylation is 1. The number of benzene rings is 2. The maximum atomic E-state index is 10.9. The van der Waals surface area contributed by atoms with Gasteiger partial charge < -0.3 is 9.84 Å². The van der Waals surface area contributed by atoms with Crippen LogP contribution in [0, 0.1) is 6.92 Å². The molecule has 0 saturated carbocycles. The third-order valence-electron chi connectivity index (χ3n) is 3.75. The van der Waals surface area contributed by atoms with E-state index in [1.54, 1.807) is 43.1 Å². The number of phenolic OH excluding ortho intramolecular Hbond substituents is 1. The van der Waals surface area contributed by atoms with Gasteiger partial charge in [-0.1, -0.05) is 30.8 Å². The number of phenols is 1. The first-order chi connectivity index (χ1) is 11.5. The van der Waals surface area contributed by atoms with Gasteiger partial charge in [0.15, 0.2) is 0 Å². The van der Waals surface area contributed by atoms with Crippen LogP contribution in [0.3, 0.4) is 0 Å². The molecule has 0 spiro atoms. The minimum absolute atomic E-state index is 0.169. The van der Waals surface area contributed by atoms with Gasteiger partial charge in [-0.05, 0) is 42.0 Å². The Morgan fingerprint density at radius 1 is 1.25 bits per heavy atom. The summed E-state index contributed by atoms with van der Waals surface area (Å²) in [5.41, 5.74) is 4.34. The zero-order chi connectivity index (χ0) is 17.7. The van der Waals surface area contributed by atoms with E-state index in [0.717, 1.165) is 33.5 Å². The van der Waals surface area contributed by atoms with Crippen molar-refractivity contribution < 1.29 is 14.6 Å². The maximum Gasteiger partial charge on any atom is 0.150 e. The molecule has 4 heteroatoms. The van der Waals surface area contributed by atoms with E-state index >= 15 is 0 Å². The quantitative estimate of drug-likeness (QED) is 0.460. The van der Waals surface area contributed by atoms with Gasteiger partial charge >= 0.3 is 0 Å². The predicted molar refractivity (Wildman–Crippen MR) is 102 cm³/mol. The summed E-state index contributed by atoms with van der Waals surface area (Å²) in [6.07, 6.45) is 4.79. The topological polar surface area (TPSA) is 46.5 Å². The highest BCUT2D eigenvalue weighted by Crippen LogP contribution is 2.35. The largest absolute Gasteiger partial charge is 0.508 e. The van der Waals surface area contributed by atoms with Gasteiger partial charge in [0.1, 0.15) is 17.8 Å². The Balaban J connectivity index is 2.62. The van der Waals surface area contributed by atoms with Crippen LogP contribution >= 0.6 is 11.8 Å². The second-order valence-corrected chi connectivity index (χ2v) is 6.20. The second kappa shape index (κ2) is 7.88. The number of hydrogen-bond acceptors (Lipinski definition) is 4. The lowest BCUT2D eigenvalue weighted by Gasteiger charge is -2.14. The highest BCUT2D eigenvalue weighted by Gasteiger charge is 2.11. The molecule has 0 aliphatic carbocycles. The lowest BCUT2D eigenvalue weighted by atomic mass is 9.98. The number of hydrogen-bond donors (Lipinski definition) is 1. The predicted octanol–water partition coefficient (Wildman–Crippen LogP) is 4.94. The number of aldehydes is 1. The molecule has 0 aliphatic rings. The van der Waals surface area contributed by atoms with Gasteiger partial charge in [-0.25, -0.2) is 0 Å². The van der Waals surface area contributed by atoms with Gasteiger partial charge in [-0.2, -0.15) is 0 Å². The minimum atomic E-state index is 0.169. The molecule has 2 aromatic carbocycles. The van der Waals surface area contributed by atoms with Gasteiger partial charge in [-0.3, -0.25) is 4.79 Å². The van der Waals surface area contributed by atoms with Crippen molar-refractivity contribution in [2.75, 3.05) is 13.4 Å². The molecule has 2 aromatic rings. The summed E-state index contributed by atoms with van der Waals surface area (Å²) < 4.78 is 5.41.